The van der Waals surface area contributed by atoms with Gasteiger partial charge in [0.05, 0.1) is 5.69 Å². The van der Waals surface area contributed by atoms with E-state index in [1.54, 1.807) is 0 Å². The maximum absolute atomic E-state index is 12.0. The van der Waals surface area contributed by atoms with Crippen molar-refractivity contribution in [2.75, 3.05) is 4.90 Å². The summed E-state index contributed by atoms with van der Waals surface area (Å²) in [4.78, 5) is 13.3. The fourth-order valence-corrected chi connectivity index (χ4v) is 3.89. The number of amides is 1. The molecule has 1 amide bonds. The van der Waals surface area contributed by atoms with E-state index < -0.39 is 11.6 Å². The van der Waals surface area contributed by atoms with Gasteiger partial charge in [-0.1, -0.05) is 40.2 Å². The van der Waals surface area contributed by atoms with E-state index in [4.69, 9.17) is 4.42 Å². The molecule has 0 unspecified atom stereocenters. The number of para-hydroxylation sites is 1. The molecule has 26 heavy (non-hydrogen) atoms. The van der Waals surface area contributed by atoms with Crippen LogP contribution in [0.1, 0.15) is 26.3 Å². The van der Waals surface area contributed by atoms with Gasteiger partial charge in [0, 0.05) is 27.2 Å². The van der Waals surface area contributed by atoms with E-state index in [9.17, 15) is 9.90 Å². The standard InChI is InChI=1S/C20H19Br2NO3/c1-20(2,3)23(19(24)25)16-7-5-4-6-14(16)17-13-9-8-12(11-21)10-15(13)18(22)26-17/h4-10H,11H2,1-3H3,(H,24,25). The Hall–Kier alpha value is -1.79. The van der Waals surface area contributed by atoms with Crippen molar-refractivity contribution in [1.82, 2.24) is 0 Å². The van der Waals surface area contributed by atoms with Crippen molar-refractivity contribution in [3.05, 3.63) is 52.7 Å². The zero-order valence-electron chi connectivity index (χ0n) is 14.7. The molecule has 0 saturated heterocycles. The summed E-state index contributed by atoms with van der Waals surface area (Å²) in [6.45, 7) is 5.61. The number of fused-ring (bicyclic) bond motifs is 1. The fraction of sp³-hybridized carbons (Fsp3) is 0.250. The molecule has 0 aliphatic rings. The Morgan fingerprint density at radius 2 is 1.85 bits per heavy atom. The third-order valence-electron chi connectivity index (χ3n) is 4.14. The van der Waals surface area contributed by atoms with Crippen molar-refractivity contribution in [2.24, 2.45) is 0 Å². The summed E-state index contributed by atoms with van der Waals surface area (Å²) in [5.41, 5.74) is 1.89. The molecule has 0 radical (unpaired) electrons. The largest absolute Gasteiger partial charge is 0.465 e. The molecule has 2 aromatic carbocycles. The molecular weight excluding hydrogens is 462 g/mol. The van der Waals surface area contributed by atoms with Crippen molar-refractivity contribution >= 4 is 54.4 Å². The molecule has 0 spiro atoms. The van der Waals surface area contributed by atoms with Crippen molar-refractivity contribution < 1.29 is 14.3 Å². The molecule has 0 bridgehead atoms. The number of benzene rings is 2. The average Bonchev–Trinajstić information content (AvgIpc) is 2.90. The molecule has 0 saturated carbocycles. The van der Waals surface area contributed by atoms with E-state index in [-0.39, 0.29) is 0 Å². The molecule has 4 nitrogen and oxygen atoms in total. The lowest BCUT2D eigenvalue weighted by Gasteiger charge is -2.34. The van der Waals surface area contributed by atoms with Gasteiger partial charge in [0.1, 0.15) is 5.76 Å². The summed E-state index contributed by atoms with van der Waals surface area (Å²) in [6.07, 6.45) is -0.999. The quantitative estimate of drug-likeness (QED) is 0.409. The SMILES string of the molecule is CC(C)(C)N(C(=O)O)c1ccccc1-c1oc(Br)c2cc(CBr)ccc12. The van der Waals surface area contributed by atoms with E-state index in [1.165, 1.54) is 4.90 Å². The minimum atomic E-state index is -0.999. The van der Waals surface area contributed by atoms with Crippen LogP contribution in [0.25, 0.3) is 22.1 Å². The molecule has 1 N–H and O–H groups in total. The number of furan rings is 1. The minimum absolute atomic E-state index is 0.593. The van der Waals surface area contributed by atoms with E-state index in [2.05, 4.69) is 37.9 Å². The normalized spacial score (nSPS) is 11.7. The van der Waals surface area contributed by atoms with Gasteiger partial charge < -0.3 is 9.52 Å². The predicted molar refractivity (Wildman–Crippen MR) is 112 cm³/mol. The zero-order chi connectivity index (χ0) is 19.1. The highest BCUT2D eigenvalue weighted by Gasteiger charge is 2.31. The van der Waals surface area contributed by atoms with Gasteiger partial charge in [-0.15, -0.1) is 0 Å². The van der Waals surface area contributed by atoms with Crippen LogP contribution in [0.2, 0.25) is 0 Å². The number of hydrogen-bond acceptors (Lipinski definition) is 2. The summed E-state index contributed by atoms with van der Waals surface area (Å²) < 4.78 is 6.65. The molecule has 3 rings (SSSR count). The van der Waals surface area contributed by atoms with Gasteiger partial charge in [-0.25, -0.2) is 4.79 Å². The summed E-state index contributed by atoms with van der Waals surface area (Å²) >= 11 is 6.97. The maximum Gasteiger partial charge on any atom is 0.412 e. The van der Waals surface area contributed by atoms with Gasteiger partial charge in [-0.3, -0.25) is 4.90 Å². The summed E-state index contributed by atoms with van der Waals surface area (Å²) in [5.74, 6) is 0.652. The molecule has 136 valence electrons. The molecule has 1 aromatic heterocycles. The number of nitrogens with zero attached hydrogens (tertiary/aromatic N) is 1. The van der Waals surface area contributed by atoms with Gasteiger partial charge in [0.2, 0.25) is 0 Å². The van der Waals surface area contributed by atoms with Crippen LogP contribution in [0.5, 0.6) is 0 Å². The fourth-order valence-electron chi connectivity index (χ4n) is 3.05. The number of alkyl halides is 1. The second kappa shape index (κ2) is 7.08. The third kappa shape index (κ3) is 3.40. The summed E-state index contributed by atoms with van der Waals surface area (Å²) in [7, 11) is 0. The number of anilines is 1. The smallest absolute Gasteiger partial charge is 0.412 e. The van der Waals surface area contributed by atoms with E-state index in [1.807, 2.05) is 57.2 Å². The highest BCUT2D eigenvalue weighted by Crippen LogP contribution is 2.42. The molecule has 6 heteroatoms. The monoisotopic (exact) mass is 479 g/mol. The average molecular weight is 481 g/mol. The molecule has 0 aliphatic heterocycles. The zero-order valence-corrected chi connectivity index (χ0v) is 17.9. The Morgan fingerprint density at radius 1 is 1.15 bits per heavy atom. The number of carbonyl (C=O) groups is 1. The lowest BCUT2D eigenvalue weighted by molar-refractivity contribution is 0.195. The molecule has 1 heterocycles. The first-order valence-electron chi connectivity index (χ1n) is 8.13. The van der Waals surface area contributed by atoms with Gasteiger partial charge in [-0.05, 0) is 60.5 Å². The van der Waals surface area contributed by atoms with E-state index in [0.717, 1.165) is 27.2 Å². The van der Waals surface area contributed by atoms with Gasteiger partial charge in [-0.2, -0.15) is 0 Å². The Morgan fingerprint density at radius 3 is 2.46 bits per heavy atom. The van der Waals surface area contributed by atoms with Crippen LogP contribution in [0.4, 0.5) is 10.5 Å². The van der Waals surface area contributed by atoms with Gasteiger partial charge in [0.25, 0.3) is 0 Å². The first kappa shape index (κ1) is 19.0. The highest BCUT2D eigenvalue weighted by molar-refractivity contribution is 9.10. The highest BCUT2D eigenvalue weighted by atomic mass is 79.9. The number of carboxylic acid groups (broad SMARTS) is 1. The predicted octanol–water partition coefficient (Wildman–Crippen LogP) is 7.04. The van der Waals surface area contributed by atoms with Crippen LogP contribution >= 0.6 is 31.9 Å². The lowest BCUT2D eigenvalue weighted by atomic mass is 10.0. The number of hydrogen-bond donors (Lipinski definition) is 1. The Bertz CT molecular complexity index is 973. The third-order valence-corrected chi connectivity index (χ3v) is 5.37. The van der Waals surface area contributed by atoms with E-state index in [0.29, 0.717) is 16.1 Å². The number of halogens is 2. The number of rotatable bonds is 3. The molecule has 3 aromatic rings. The second-order valence-electron chi connectivity index (χ2n) is 7.02. The maximum atomic E-state index is 12.0. The first-order chi connectivity index (χ1) is 12.2. The lowest BCUT2D eigenvalue weighted by Crippen LogP contribution is -2.45. The van der Waals surface area contributed by atoms with Crippen LogP contribution in [-0.2, 0) is 5.33 Å². The van der Waals surface area contributed by atoms with Crippen LogP contribution in [-0.4, -0.2) is 16.7 Å². The first-order valence-corrected chi connectivity index (χ1v) is 10.0. The summed E-state index contributed by atoms with van der Waals surface area (Å²) in [6, 6.07) is 13.5. The van der Waals surface area contributed by atoms with Crippen LogP contribution < -0.4 is 4.90 Å². The van der Waals surface area contributed by atoms with Crippen molar-refractivity contribution in [3.63, 3.8) is 0 Å². The second-order valence-corrected chi connectivity index (χ2v) is 8.31. The minimum Gasteiger partial charge on any atom is -0.465 e. The Kier molecular flexibility index (Phi) is 5.17. The molecule has 0 aliphatic carbocycles. The van der Waals surface area contributed by atoms with Crippen LogP contribution in [0.15, 0.2) is 51.6 Å². The Balaban J connectivity index is 2.27. The van der Waals surface area contributed by atoms with E-state index >= 15 is 0 Å². The summed E-state index contributed by atoms with van der Waals surface area (Å²) in [5, 5.41) is 12.5. The molecular formula is C20H19Br2NO3. The van der Waals surface area contributed by atoms with Crippen LogP contribution in [0, 0.1) is 0 Å². The molecule has 0 atom stereocenters. The molecule has 0 fully saturated rings. The Labute approximate surface area is 169 Å². The van der Waals surface area contributed by atoms with Gasteiger partial charge >= 0.3 is 6.09 Å². The van der Waals surface area contributed by atoms with Crippen molar-refractivity contribution in [2.45, 2.75) is 31.6 Å². The van der Waals surface area contributed by atoms with Crippen molar-refractivity contribution in [3.8, 4) is 11.3 Å². The van der Waals surface area contributed by atoms with Crippen molar-refractivity contribution in [1.29, 1.82) is 0 Å². The topological polar surface area (TPSA) is 53.7 Å². The van der Waals surface area contributed by atoms with Crippen LogP contribution in [0.3, 0.4) is 0 Å². The van der Waals surface area contributed by atoms with Gasteiger partial charge in [0.15, 0.2) is 4.67 Å².